The zero-order chi connectivity index (χ0) is 21.5. The number of aromatic nitrogens is 2. The van der Waals surface area contributed by atoms with Crippen LogP contribution in [0.4, 0.5) is 5.69 Å². The maximum atomic E-state index is 12.2. The second-order valence-electron chi connectivity index (χ2n) is 6.47. The Balaban J connectivity index is 1.55. The van der Waals surface area contributed by atoms with Crippen molar-refractivity contribution in [2.45, 2.75) is 24.8 Å². The molecule has 9 heteroatoms. The van der Waals surface area contributed by atoms with Gasteiger partial charge in [-0.15, -0.1) is 0 Å². The molecule has 0 radical (unpaired) electrons. The van der Waals surface area contributed by atoms with Crippen molar-refractivity contribution in [2.75, 3.05) is 0 Å². The molecule has 0 fully saturated rings. The lowest BCUT2D eigenvalue weighted by Crippen LogP contribution is -2.17. The summed E-state index contributed by atoms with van der Waals surface area (Å²) in [6.07, 6.45) is 1.36. The molecule has 0 aliphatic heterocycles. The Morgan fingerprint density at radius 3 is 2.50 bits per heavy atom. The topological polar surface area (TPSA) is 110 Å². The Kier molecular flexibility index (Phi) is 6.87. The Bertz CT molecular complexity index is 1080. The number of amides is 1. The lowest BCUT2D eigenvalue weighted by molar-refractivity contribution is -0.384. The minimum atomic E-state index is -0.484. The summed E-state index contributed by atoms with van der Waals surface area (Å²) < 4.78 is 0. The van der Waals surface area contributed by atoms with Crippen LogP contribution in [0.1, 0.15) is 32.9 Å². The summed E-state index contributed by atoms with van der Waals surface area (Å²) in [6, 6.07) is 15.1. The number of thioether (sulfide) groups is 1. The van der Waals surface area contributed by atoms with Crippen LogP contribution in [0.5, 0.6) is 0 Å². The van der Waals surface area contributed by atoms with Gasteiger partial charge in [-0.3, -0.25) is 14.9 Å². The van der Waals surface area contributed by atoms with Crippen molar-refractivity contribution >= 4 is 29.6 Å². The lowest BCUT2D eigenvalue weighted by Gasteiger charge is -2.05. The number of nitro groups is 1. The molecule has 1 aromatic heterocycles. The average Bonchev–Trinajstić information content (AvgIpc) is 2.72. The third-order valence-corrected chi connectivity index (χ3v) is 4.93. The number of nitro benzene ring substituents is 1. The van der Waals surface area contributed by atoms with Crippen molar-refractivity contribution in [2.24, 2.45) is 5.10 Å². The average molecular weight is 421 g/mol. The van der Waals surface area contributed by atoms with Crippen molar-refractivity contribution in [1.29, 1.82) is 0 Å². The van der Waals surface area contributed by atoms with Crippen LogP contribution in [0.25, 0.3) is 0 Å². The summed E-state index contributed by atoms with van der Waals surface area (Å²) in [6.45, 7) is 3.88. The molecule has 0 unspecified atom stereocenters. The lowest BCUT2D eigenvalue weighted by atomic mass is 10.1. The molecule has 0 aliphatic rings. The smallest absolute Gasteiger partial charge is 0.267 e. The van der Waals surface area contributed by atoms with Gasteiger partial charge in [0.2, 0.25) is 0 Å². The van der Waals surface area contributed by atoms with Crippen LogP contribution in [0.3, 0.4) is 0 Å². The van der Waals surface area contributed by atoms with Crippen LogP contribution in [0.2, 0.25) is 0 Å². The summed E-state index contributed by atoms with van der Waals surface area (Å²) in [4.78, 5) is 31.3. The van der Waals surface area contributed by atoms with Gasteiger partial charge in [0.1, 0.15) is 0 Å². The Morgan fingerprint density at radius 1 is 1.13 bits per heavy atom. The van der Waals surface area contributed by atoms with Crippen LogP contribution in [0, 0.1) is 24.0 Å². The largest absolute Gasteiger partial charge is 0.271 e. The van der Waals surface area contributed by atoms with Gasteiger partial charge in [0.15, 0.2) is 5.16 Å². The van der Waals surface area contributed by atoms with Gasteiger partial charge in [-0.25, -0.2) is 15.4 Å². The van der Waals surface area contributed by atoms with E-state index in [9.17, 15) is 14.9 Å². The normalized spacial score (nSPS) is 10.9. The highest BCUT2D eigenvalue weighted by atomic mass is 32.2. The molecule has 0 spiro atoms. The monoisotopic (exact) mass is 421 g/mol. The van der Waals surface area contributed by atoms with Gasteiger partial charge < -0.3 is 0 Å². The number of hydrogen-bond acceptors (Lipinski definition) is 7. The van der Waals surface area contributed by atoms with Gasteiger partial charge in [0.05, 0.1) is 11.1 Å². The number of nitrogens with one attached hydrogen (secondary N) is 1. The van der Waals surface area contributed by atoms with E-state index in [2.05, 4.69) is 20.5 Å². The second kappa shape index (κ2) is 9.75. The van der Waals surface area contributed by atoms with Crippen molar-refractivity contribution in [1.82, 2.24) is 15.4 Å². The summed E-state index contributed by atoms with van der Waals surface area (Å²) in [5.74, 6) is 0.323. The van der Waals surface area contributed by atoms with E-state index in [1.165, 1.54) is 30.1 Å². The second-order valence-corrected chi connectivity index (χ2v) is 7.41. The van der Waals surface area contributed by atoms with E-state index < -0.39 is 4.92 Å². The van der Waals surface area contributed by atoms with E-state index in [1.54, 1.807) is 24.3 Å². The predicted molar refractivity (Wildman–Crippen MR) is 116 cm³/mol. The van der Waals surface area contributed by atoms with E-state index in [-0.39, 0.29) is 11.6 Å². The number of nitrogens with zero attached hydrogens (tertiary/aromatic N) is 4. The molecule has 30 heavy (non-hydrogen) atoms. The molecule has 8 nitrogen and oxygen atoms in total. The quantitative estimate of drug-likeness (QED) is 0.202. The van der Waals surface area contributed by atoms with Crippen LogP contribution >= 0.6 is 11.8 Å². The zero-order valence-electron chi connectivity index (χ0n) is 16.4. The molecule has 0 atom stereocenters. The highest BCUT2D eigenvalue weighted by Crippen LogP contribution is 2.20. The molecule has 0 saturated carbocycles. The maximum absolute atomic E-state index is 12.2. The van der Waals surface area contributed by atoms with Crippen LogP contribution in [-0.2, 0) is 5.75 Å². The first-order valence-corrected chi connectivity index (χ1v) is 10.0. The summed E-state index contributed by atoms with van der Waals surface area (Å²) in [7, 11) is 0. The summed E-state index contributed by atoms with van der Waals surface area (Å²) in [5, 5.41) is 15.4. The fourth-order valence-electron chi connectivity index (χ4n) is 2.61. The Labute approximate surface area is 177 Å². The SMILES string of the molecule is Cc1cc(C)nc(SCc2ccc(C(=O)NN=Cc3cccc([N+](=O)[O-])c3)cc2)n1. The third-order valence-electron chi connectivity index (χ3n) is 4.01. The Hall–Kier alpha value is -3.59. The fraction of sp³-hybridized carbons (Fsp3) is 0.143. The molecule has 0 saturated heterocycles. The zero-order valence-corrected chi connectivity index (χ0v) is 17.2. The van der Waals surface area contributed by atoms with Gasteiger partial charge in [-0.05, 0) is 37.6 Å². The van der Waals surface area contributed by atoms with Gasteiger partial charge in [-0.1, -0.05) is 36.0 Å². The minimum absolute atomic E-state index is 0.0371. The molecule has 1 heterocycles. The molecule has 1 N–H and O–H groups in total. The van der Waals surface area contributed by atoms with E-state index in [4.69, 9.17) is 0 Å². The number of carbonyl (C=O) groups excluding carboxylic acids is 1. The number of carbonyl (C=O) groups is 1. The number of aryl methyl sites for hydroxylation is 2. The highest BCUT2D eigenvalue weighted by molar-refractivity contribution is 7.98. The van der Waals surface area contributed by atoms with Crippen LogP contribution < -0.4 is 5.43 Å². The molecule has 152 valence electrons. The fourth-order valence-corrected chi connectivity index (χ4v) is 3.51. The molecule has 0 aliphatic carbocycles. The van der Waals surface area contributed by atoms with Crippen molar-refractivity contribution in [3.05, 3.63) is 92.8 Å². The number of benzene rings is 2. The number of hydrazone groups is 1. The molecular weight excluding hydrogens is 402 g/mol. The molecule has 3 rings (SSSR count). The van der Waals surface area contributed by atoms with Gasteiger partial charge >= 0.3 is 0 Å². The number of rotatable bonds is 7. The molecular formula is C21H19N5O3S. The van der Waals surface area contributed by atoms with E-state index in [0.29, 0.717) is 16.9 Å². The van der Waals surface area contributed by atoms with E-state index in [1.807, 2.05) is 32.0 Å². The van der Waals surface area contributed by atoms with Gasteiger partial charge in [-0.2, -0.15) is 5.10 Å². The van der Waals surface area contributed by atoms with E-state index in [0.717, 1.165) is 22.1 Å². The summed E-state index contributed by atoms with van der Waals surface area (Å²) >= 11 is 1.54. The standard InChI is InChI=1S/C21H19N5O3S/c1-14-10-15(2)24-21(23-14)30-13-16-6-8-18(9-7-16)20(27)25-22-12-17-4-3-5-19(11-17)26(28)29/h3-12H,13H2,1-2H3,(H,25,27). The molecule has 2 aromatic carbocycles. The number of non-ortho nitro benzene ring substituents is 1. The summed E-state index contributed by atoms with van der Waals surface area (Å²) in [5.41, 5.74) is 6.27. The molecule has 3 aromatic rings. The van der Waals surface area contributed by atoms with Gasteiger partial charge in [0.25, 0.3) is 11.6 Å². The first-order chi connectivity index (χ1) is 14.4. The molecule has 0 bridgehead atoms. The van der Waals surface area contributed by atoms with Gasteiger partial charge in [0, 0.05) is 40.4 Å². The van der Waals surface area contributed by atoms with Crippen LogP contribution in [0.15, 0.2) is 64.9 Å². The van der Waals surface area contributed by atoms with Crippen molar-refractivity contribution in [3.8, 4) is 0 Å². The Morgan fingerprint density at radius 2 is 1.83 bits per heavy atom. The van der Waals surface area contributed by atoms with Crippen molar-refractivity contribution in [3.63, 3.8) is 0 Å². The minimum Gasteiger partial charge on any atom is -0.267 e. The highest BCUT2D eigenvalue weighted by Gasteiger charge is 2.07. The first kappa shape index (κ1) is 21.1. The predicted octanol–water partition coefficient (Wildman–Crippen LogP) is 4.06. The third kappa shape index (κ3) is 5.95. The number of hydrogen-bond donors (Lipinski definition) is 1. The van der Waals surface area contributed by atoms with Crippen molar-refractivity contribution < 1.29 is 9.72 Å². The van der Waals surface area contributed by atoms with E-state index >= 15 is 0 Å². The molecule has 1 amide bonds. The van der Waals surface area contributed by atoms with Crippen LogP contribution in [-0.4, -0.2) is 27.0 Å². The maximum Gasteiger partial charge on any atom is 0.271 e. The first-order valence-electron chi connectivity index (χ1n) is 9.02.